The van der Waals surface area contributed by atoms with E-state index in [0.29, 0.717) is 6.42 Å². The summed E-state index contributed by atoms with van der Waals surface area (Å²) < 4.78 is 6.71. The highest BCUT2D eigenvalue weighted by atomic mass is 16.5. The number of aromatic amines is 1. The largest absolute Gasteiger partial charge is 0.388 e. The molecular formula is C14H20N2O6. The topological polar surface area (TPSA) is 122 Å². The number of hydrogen-bond donors (Lipinski definition) is 3. The fourth-order valence-corrected chi connectivity index (χ4v) is 2.52. The first-order valence-corrected chi connectivity index (χ1v) is 7.19. The van der Waals surface area contributed by atoms with Crippen molar-refractivity contribution in [1.82, 2.24) is 9.55 Å². The monoisotopic (exact) mass is 312 g/mol. The Morgan fingerprint density at radius 1 is 1.36 bits per heavy atom. The predicted molar refractivity (Wildman–Crippen MR) is 76.5 cm³/mol. The summed E-state index contributed by atoms with van der Waals surface area (Å²) in [5.74, 6) is -0.0849. The molecule has 1 saturated heterocycles. The van der Waals surface area contributed by atoms with E-state index in [1.54, 1.807) is 6.92 Å². The number of aryl methyl sites for hydroxylation is 1. The molecule has 1 aliphatic rings. The lowest BCUT2D eigenvalue weighted by Gasteiger charge is -2.15. The number of aliphatic hydroxyl groups is 2. The Balaban J connectivity index is 2.35. The van der Waals surface area contributed by atoms with E-state index in [2.05, 4.69) is 4.98 Å². The maximum atomic E-state index is 12.0. The number of carbonyl (C=O) groups is 1. The van der Waals surface area contributed by atoms with Crippen molar-refractivity contribution in [2.45, 2.75) is 57.6 Å². The van der Waals surface area contributed by atoms with E-state index in [1.807, 2.05) is 0 Å². The van der Waals surface area contributed by atoms with Crippen molar-refractivity contribution in [1.29, 1.82) is 0 Å². The normalized spacial score (nSPS) is 28.0. The first-order chi connectivity index (χ1) is 10.3. The van der Waals surface area contributed by atoms with Gasteiger partial charge >= 0.3 is 5.69 Å². The van der Waals surface area contributed by atoms with Gasteiger partial charge in [-0.3, -0.25) is 19.1 Å². The summed E-state index contributed by atoms with van der Waals surface area (Å²) in [4.78, 5) is 36.9. The summed E-state index contributed by atoms with van der Waals surface area (Å²) in [5.41, 5.74) is -1.24. The van der Waals surface area contributed by atoms with Crippen molar-refractivity contribution in [3.8, 4) is 0 Å². The Kier molecular flexibility index (Phi) is 4.94. The fraction of sp³-hybridized carbons (Fsp3) is 0.643. The molecule has 1 aliphatic heterocycles. The number of ketones is 1. The molecule has 3 N–H and O–H groups in total. The number of aliphatic hydroxyl groups excluding tert-OH is 2. The van der Waals surface area contributed by atoms with E-state index in [0.717, 1.165) is 0 Å². The lowest BCUT2D eigenvalue weighted by molar-refractivity contribution is -0.117. The zero-order valence-electron chi connectivity index (χ0n) is 12.5. The van der Waals surface area contributed by atoms with Crippen molar-refractivity contribution in [2.24, 2.45) is 0 Å². The summed E-state index contributed by atoms with van der Waals surface area (Å²) in [7, 11) is 0. The maximum Gasteiger partial charge on any atom is 0.328 e. The van der Waals surface area contributed by atoms with Crippen molar-refractivity contribution >= 4 is 5.78 Å². The fourth-order valence-electron chi connectivity index (χ4n) is 2.52. The summed E-state index contributed by atoms with van der Waals surface area (Å²) in [6, 6.07) is 0. The summed E-state index contributed by atoms with van der Waals surface area (Å²) in [6.07, 6.45) is -2.00. The Morgan fingerprint density at radius 2 is 2.05 bits per heavy atom. The van der Waals surface area contributed by atoms with Gasteiger partial charge in [0, 0.05) is 19.2 Å². The van der Waals surface area contributed by atoms with Crippen LogP contribution in [0.3, 0.4) is 0 Å². The van der Waals surface area contributed by atoms with Crippen molar-refractivity contribution < 1.29 is 19.7 Å². The minimum absolute atomic E-state index is 0.0608. The number of Topliss-reactive ketones (excluding diaryl/α,β-unsaturated/α-hetero) is 1. The van der Waals surface area contributed by atoms with E-state index < -0.39 is 35.7 Å². The van der Waals surface area contributed by atoms with Gasteiger partial charge in [0.25, 0.3) is 5.56 Å². The molecule has 0 aromatic carbocycles. The van der Waals surface area contributed by atoms with Gasteiger partial charge in [-0.25, -0.2) is 4.79 Å². The van der Waals surface area contributed by atoms with Crippen molar-refractivity contribution in [3.63, 3.8) is 0 Å². The molecule has 1 fully saturated rings. The predicted octanol–water partition coefficient (Wildman–Crippen LogP) is -0.913. The van der Waals surface area contributed by atoms with Crippen LogP contribution in [0.1, 0.15) is 38.4 Å². The second-order valence-corrected chi connectivity index (χ2v) is 5.47. The number of ether oxygens (including phenoxy) is 1. The second kappa shape index (κ2) is 6.55. The van der Waals surface area contributed by atoms with Crippen LogP contribution in [0.5, 0.6) is 0 Å². The Morgan fingerprint density at radius 3 is 2.59 bits per heavy atom. The van der Waals surface area contributed by atoms with Crippen LogP contribution in [0.15, 0.2) is 15.8 Å². The van der Waals surface area contributed by atoms with Gasteiger partial charge in [0.1, 0.15) is 24.1 Å². The molecule has 2 heterocycles. The number of nitrogens with zero attached hydrogens (tertiary/aromatic N) is 1. The van der Waals surface area contributed by atoms with Gasteiger partial charge < -0.3 is 14.9 Å². The van der Waals surface area contributed by atoms with Gasteiger partial charge in [0.15, 0.2) is 0 Å². The van der Waals surface area contributed by atoms with Gasteiger partial charge in [-0.15, -0.1) is 0 Å². The molecule has 1 unspecified atom stereocenters. The maximum absolute atomic E-state index is 12.0. The summed E-state index contributed by atoms with van der Waals surface area (Å²) in [6.45, 7) is 3.32. The molecule has 0 bridgehead atoms. The first-order valence-electron chi connectivity index (χ1n) is 7.19. The van der Waals surface area contributed by atoms with E-state index in [4.69, 9.17) is 4.74 Å². The molecule has 2 rings (SSSR count). The lowest BCUT2D eigenvalue weighted by atomic mass is 10.0. The van der Waals surface area contributed by atoms with Gasteiger partial charge in [-0.05, 0) is 13.3 Å². The first kappa shape index (κ1) is 16.6. The van der Waals surface area contributed by atoms with Crippen LogP contribution in [0.2, 0.25) is 0 Å². The molecule has 0 radical (unpaired) electrons. The number of hydrogen-bond acceptors (Lipinski definition) is 6. The third kappa shape index (κ3) is 3.18. The molecule has 8 nitrogen and oxygen atoms in total. The quantitative estimate of drug-likeness (QED) is 0.647. The molecule has 4 atom stereocenters. The van der Waals surface area contributed by atoms with Crippen LogP contribution < -0.4 is 11.2 Å². The van der Waals surface area contributed by atoms with Gasteiger partial charge in [-0.1, -0.05) is 6.92 Å². The number of aromatic nitrogens is 2. The van der Waals surface area contributed by atoms with Crippen LogP contribution in [0.25, 0.3) is 0 Å². The standard InChI is InChI=1S/C14H20N2O6/c1-3-9-10(18)11(19)12(22-9)8-6-16(5-4-7(2)17)14(21)15-13(8)20/h6,9-12,18-19H,3-5H2,1-2H3,(H,15,20,21)/t9-,10?,11+,12+/m1/s1. The van der Waals surface area contributed by atoms with Gasteiger partial charge in [-0.2, -0.15) is 0 Å². The molecule has 0 aliphatic carbocycles. The smallest absolute Gasteiger partial charge is 0.328 e. The molecule has 8 heteroatoms. The lowest BCUT2D eigenvalue weighted by Crippen LogP contribution is -2.36. The van der Waals surface area contributed by atoms with E-state index >= 15 is 0 Å². The molecule has 0 spiro atoms. The van der Waals surface area contributed by atoms with Gasteiger partial charge in [0.2, 0.25) is 0 Å². The highest BCUT2D eigenvalue weighted by molar-refractivity contribution is 5.75. The average molecular weight is 312 g/mol. The molecule has 22 heavy (non-hydrogen) atoms. The number of rotatable bonds is 5. The molecule has 1 aromatic heterocycles. The highest BCUT2D eigenvalue weighted by Crippen LogP contribution is 2.32. The number of nitrogens with one attached hydrogen (secondary N) is 1. The minimum Gasteiger partial charge on any atom is -0.388 e. The zero-order valence-corrected chi connectivity index (χ0v) is 12.5. The zero-order chi connectivity index (χ0) is 16.4. The third-order valence-corrected chi connectivity index (χ3v) is 3.81. The number of H-pyrrole nitrogens is 1. The average Bonchev–Trinajstić information content (AvgIpc) is 2.74. The van der Waals surface area contributed by atoms with Crippen LogP contribution in [-0.4, -0.2) is 43.9 Å². The van der Waals surface area contributed by atoms with Crippen LogP contribution in [0.4, 0.5) is 0 Å². The van der Waals surface area contributed by atoms with Crippen LogP contribution in [-0.2, 0) is 16.1 Å². The SMILES string of the molecule is CC[C@H]1O[C@@H](c2cn(CCC(C)=O)c(=O)[nH]c2=O)[C@@H](O)C1O. The second-order valence-electron chi connectivity index (χ2n) is 5.47. The minimum atomic E-state index is -1.25. The van der Waals surface area contributed by atoms with Crippen LogP contribution >= 0.6 is 0 Å². The number of carbonyl (C=O) groups excluding carboxylic acids is 1. The van der Waals surface area contributed by atoms with Crippen LogP contribution in [0, 0.1) is 0 Å². The van der Waals surface area contributed by atoms with Gasteiger partial charge in [0.05, 0.1) is 11.7 Å². The molecule has 1 aromatic rings. The van der Waals surface area contributed by atoms with Crippen molar-refractivity contribution in [2.75, 3.05) is 0 Å². The Hall–Kier alpha value is -1.77. The highest BCUT2D eigenvalue weighted by Gasteiger charge is 2.43. The molecular weight excluding hydrogens is 292 g/mol. The van der Waals surface area contributed by atoms with E-state index in [9.17, 15) is 24.6 Å². The third-order valence-electron chi connectivity index (χ3n) is 3.81. The molecule has 122 valence electrons. The Labute approximate surface area is 126 Å². The van der Waals surface area contributed by atoms with Crippen molar-refractivity contribution in [3.05, 3.63) is 32.6 Å². The Bertz CT molecular complexity index is 664. The van der Waals surface area contributed by atoms with E-state index in [1.165, 1.54) is 17.7 Å². The molecule has 0 saturated carbocycles. The summed E-state index contributed by atoms with van der Waals surface area (Å²) in [5, 5.41) is 19.9. The van der Waals surface area contributed by atoms with E-state index in [-0.39, 0.29) is 24.3 Å². The summed E-state index contributed by atoms with van der Waals surface area (Å²) >= 11 is 0. The molecule has 0 amide bonds.